The predicted molar refractivity (Wildman–Crippen MR) is 108 cm³/mol. The number of piperidine rings is 1. The minimum Gasteiger partial charge on any atom is -0.307 e. The van der Waals surface area contributed by atoms with Gasteiger partial charge in [-0.2, -0.15) is 0 Å². The van der Waals surface area contributed by atoms with Gasteiger partial charge in [0.25, 0.3) is 5.56 Å². The van der Waals surface area contributed by atoms with Crippen molar-refractivity contribution >= 4 is 10.9 Å². The summed E-state index contributed by atoms with van der Waals surface area (Å²) in [6.45, 7) is 2.98. The van der Waals surface area contributed by atoms with Crippen LogP contribution >= 0.6 is 0 Å². The van der Waals surface area contributed by atoms with Crippen LogP contribution in [-0.2, 0) is 13.0 Å². The van der Waals surface area contributed by atoms with E-state index in [1.807, 2.05) is 12.1 Å². The van der Waals surface area contributed by atoms with Crippen LogP contribution in [-0.4, -0.2) is 34.1 Å². The zero-order valence-electron chi connectivity index (χ0n) is 15.7. The Morgan fingerprint density at radius 1 is 0.964 bits per heavy atom. The Bertz CT molecular complexity index is 1060. The summed E-state index contributed by atoms with van der Waals surface area (Å²) >= 11 is 0. The van der Waals surface area contributed by atoms with Crippen LogP contribution in [0, 0.1) is 11.7 Å². The number of aromatic amines is 1. The summed E-state index contributed by atoms with van der Waals surface area (Å²) in [5.41, 5.74) is 1.17. The van der Waals surface area contributed by atoms with Crippen LogP contribution in [0.3, 0.4) is 0 Å². The van der Waals surface area contributed by atoms with Crippen LogP contribution in [0.1, 0.15) is 18.4 Å². The third kappa shape index (κ3) is 4.07. The minimum absolute atomic E-state index is 0.197. The number of para-hydroxylation sites is 1. The minimum atomic E-state index is -0.352. The lowest BCUT2D eigenvalue weighted by Gasteiger charge is -2.32. The molecule has 0 unspecified atom stereocenters. The highest BCUT2D eigenvalue weighted by atomic mass is 19.1. The molecule has 0 spiro atoms. The zero-order valence-corrected chi connectivity index (χ0v) is 15.7. The molecular weight excluding hydrogens is 357 g/mol. The SMILES string of the molecule is O=c1[nH]c2ccccc2c(=O)n1CCN1CCC(Cc2ccc(F)cc2)CC1. The second-order valence-corrected chi connectivity index (χ2v) is 7.55. The largest absolute Gasteiger partial charge is 0.328 e. The standard InChI is InChI=1S/C22H24FN3O2/c23-18-7-5-16(6-8-18)15-17-9-11-25(12-10-17)13-14-26-21(27)19-3-1-2-4-20(19)24-22(26)28/h1-8,17H,9-15H2,(H,24,28). The summed E-state index contributed by atoms with van der Waals surface area (Å²) in [7, 11) is 0. The lowest BCUT2D eigenvalue weighted by atomic mass is 9.90. The fourth-order valence-corrected chi connectivity index (χ4v) is 4.01. The summed E-state index contributed by atoms with van der Waals surface area (Å²) in [4.78, 5) is 30.0. The van der Waals surface area contributed by atoms with Gasteiger partial charge in [-0.05, 0) is 68.1 Å². The van der Waals surface area contributed by atoms with Gasteiger partial charge in [-0.1, -0.05) is 24.3 Å². The predicted octanol–water partition coefficient (Wildman–Crippen LogP) is 2.78. The monoisotopic (exact) mass is 381 g/mol. The molecule has 1 aromatic heterocycles. The molecule has 4 rings (SSSR count). The maximum absolute atomic E-state index is 13.0. The zero-order chi connectivity index (χ0) is 19.5. The molecule has 0 saturated carbocycles. The number of hydrogen-bond donors (Lipinski definition) is 1. The number of benzene rings is 2. The quantitative estimate of drug-likeness (QED) is 0.739. The van der Waals surface area contributed by atoms with Crippen molar-refractivity contribution in [3.8, 4) is 0 Å². The molecule has 2 heterocycles. The molecule has 146 valence electrons. The van der Waals surface area contributed by atoms with Gasteiger partial charge < -0.3 is 9.88 Å². The first-order valence-electron chi connectivity index (χ1n) is 9.79. The molecule has 0 bridgehead atoms. The fourth-order valence-electron chi connectivity index (χ4n) is 4.01. The molecule has 1 saturated heterocycles. The summed E-state index contributed by atoms with van der Waals surface area (Å²) in [5.74, 6) is 0.394. The second kappa shape index (κ2) is 8.10. The number of H-pyrrole nitrogens is 1. The van der Waals surface area contributed by atoms with Crippen LogP contribution in [0.15, 0.2) is 58.1 Å². The molecule has 6 heteroatoms. The molecule has 5 nitrogen and oxygen atoms in total. The van der Waals surface area contributed by atoms with Crippen LogP contribution in [0.2, 0.25) is 0 Å². The van der Waals surface area contributed by atoms with Crippen LogP contribution in [0.4, 0.5) is 4.39 Å². The van der Waals surface area contributed by atoms with Gasteiger partial charge in [-0.3, -0.25) is 9.36 Å². The number of fused-ring (bicyclic) bond motifs is 1. The molecule has 0 aliphatic carbocycles. The van der Waals surface area contributed by atoms with E-state index in [0.717, 1.165) is 32.4 Å². The Kier molecular flexibility index (Phi) is 5.39. The van der Waals surface area contributed by atoms with E-state index < -0.39 is 0 Å². The lowest BCUT2D eigenvalue weighted by Crippen LogP contribution is -2.41. The summed E-state index contributed by atoms with van der Waals surface area (Å²) in [6.07, 6.45) is 3.11. The van der Waals surface area contributed by atoms with Crippen molar-refractivity contribution in [1.29, 1.82) is 0 Å². The van der Waals surface area contributed by atoms with E-state index in [2.05, 4.69) is 9.88 Å². The molecule has 1 aliphatic rings. The van der Waals surface area contributed by atoms with Crippen LogP contribution < -0.4 is 11.2 Å². The van der Waals surface area contributed by atoms with E-state index in [0.29, 0.717) is 29.9 Å². The normalized spacial score (nSPS) is 15.9. The maximum Gasteiger partial charge on any atom is 0.328 e. The fraction of sp³-hybridized carbons (Fsp3) is 0.364. The summed E-state index contributed by atoms with van der Waals surface area (Å²) < 4.78 is 14.3. The molecule has 1 N–H and O–H groups in total. The van der Waals surface area contributed by atoms with E-state index in [1.165, 1.54) is 22.3 Å². The number of rotatable bonds is 5. The van der Waals surface area contributed by atoms with Gasteiger partial charge in [0.05, 0.1) is 10.9 Å². The van der Waals surface area contributed by atoms with Crippen molar-refractivity contribution in [1.82, 2.24) is 14.5 Å². The van der Waals surface area contributed by atoms with Gasteiger partial charge in [0.2, 0.25) is 0 Å². The number of nitrogens with one attached hydrogen (secondary N) is 1. The summed E-state index contributed by atoms with van der Waals surface area (Å²) in [6, 6.07) is 13.8. The van der Waals surface area contributed by atoms with Crippen molar-refractivity contribution in [2.24, 2.45) is 5.92 Å². The Labute approximate surface area is 162 Å². The first-order valence-corrected chi connectivity index (χ1v) is 9.79. The first kappa shape index (κ1) is 18.6. The van der Waals surface area contributed by atoms with Crippen molar-refractivity contribution in [3.05, 3.63) is 80.7 Å². The molecule has 0 amide bonds. The Balaban J connectivity index is 1.34. The van der Waals surface area contributed by atoms with E-state index in [-0.39, 0.29) is 17.1 Å². The number of likely N-dealkylation sites (tertiary alicyclic amines) is 1. The van der Waals surface area contributed by atoms with Gasteiger partial charge in [0, 0.05) is 13.1 Å². The van der Waals surface area contributed by atoms with E-state index in [1.54, 1.807) is 24.3 Å². The summed E-state index contributed by atoms with van der Waals surface area (Å²) in [5, 5.41) is 0.542. The molecule has 3 aromatic rings. The number of nitrogens with zero attached hydrogens (tertiary/aromatic N) is 2. The van der Waals surface area contributed by atoms with E-state index in [4.69, 9.17) is 0 Å². The third-order valence-corrected chi connectivity index (χ3v) is 5.67. The topological polar surface area (TPSA) is 58.1 Å². The number of hydrogen-bond acceptors (Lipinski definition) is 3. The highest BCUT2D eigenvalue weighted by Gasteiger charge is 2.20. The molecule has 0 atom stereocenters. The average molecular weight is 381 g/mol. The number of halogens is 1. The molecule has 28 heavy (non-hydrogen) atoms. The van der Waals surface area contributed by atoms with Crippen molar-refractivity contribution in [2.75, 3.05) is 19.6 Å². The van der Waals surface area contributed by atoms with E-state index >= 15 is 0 Å². The molecular formula is C22H24FN3O2. The van der Waals surface area contributed by atoms with Gasteiger partial charge in [0.1, 0.15) is 5.82 Å². The van der Waals surface area contributed by atoms with E-state index in [9.17, 15) is 14.0 Å². The van der Waals surface area contributed by atoms with Gasteiger partial charge >= 0.3 is 5.69 Å². The van der Waals surface area contributed by atoms with Crippen LogP contribution in [0.5, 0.6) is 0 Å². The van der Waals surface area contributed by atoms with Crippen molar-refractivity contribution in [3.63, 3.8) is 0 Å². The second-order valence-electron chi connectivity index (χ2n) is 7.55. The Morgan fingerprint density at radius 3 is 2.43 bits per heavy atom. The number of aromatic nitrogens is 2. The highest BCUT2D eigenvalue weighted by molar-refractivity contribution is 5.76. The highest BCUT2D eigenvalue weighted by Crippen LogP contribution is 2.21. The van der Waals surface area contributed by atoms with Gasteiger partial charge in [0.15, 0.2) is 0 Å². The smallest absolute Gasteiger partial charge is 0.307 e. The molecule has 0 radical (unpaired) electrons. The molecule has 2 aromatic carbocycles. The Morgan fingerprint density at radius 2 is 1.68 bits per heavy atom. The Hall–Kier alpha value is -2.73. The van der Waals surface area contributed by atoms with Crippen molar-refractivity contribution in [2.45, 2.75) is 25.8 Å². The molecule has 1 fully saturated rings. The van der Waals surface area contributed by atoms with Crippen LogP contribution in [0.25, 0.3) is 10.9 Å². The average Bonchev–Trinajstić information content (AvgIpc) is 2.71. The molecule has 1 aliphatic heterocycles. The van der Waals surface area contributed by atoms with Crippen molar-refractivity contribution < 1.29 is 4.39 Å². The lowest BCUT2D eigenvalue weighted by molar-refractivity contribution is 0.177. The first-order chi connectivity index (χ1) is 13.6. The van der Waals surface area contributed by atoms with Gasteiger partial charge in [-0.15, -0.1) is 0 Å². The third-order valence-electron chi connectivity index (χ3n) is 5.67. The van der Waals surface area contributed by atoms with Gasteiger partial charge in [-0.25, -0.2) is 9.18 Å². The maximum atomic E-state index is 13.0.